The standard InChI is InChI=1S/C34H25N3O4/c38-31-25-18-10-11-19-26(25)32(39)37(31)36-27(21-20-22-12-4-1-5-13-22)28-29(30(36)23-14-6-2-7-15-23)34(41)35(33(28)40)24-16-8-3-9-17-24/h1-21,27-30H/b21-20+/t27-,28+,29+,30+/m0/s1. The first-order valence-corrected chi connectivity index (χ1v) is 13.5. The van der Waals surface area contributed by atoms with Crippen LogP contribution in [0, 0.1) is 11.8 Å². The highest BCUT2D eigenvalue weighted by Gasteiger charge is 2.65. The second-order valence-corrected chi connectivity index (χ2v) is 10.4. The molecule has 3 aliphatic heterocycles. The third-order valence-corrected chi connectivity index (χ3v) is 8.14. The lowest BCUT2D eigenvalue weighted by Crippen LogP contribution is -2.52. The summed E-state index contributed by atoms with van der Waals surface area (Å²) in [5.74, 6) is -3.28. The van der Waals surface area contributed by atoms with Crippen LogP contribution < -0.4 is 4.90 Å². The van der Waals surface area contributed by atoms with Crippen LogP contribution in [0.2, 0.25) is 0 Å². The molecule has 7 rings (SSSR count). The van der Waals surface area contributed by atoms with Crippen LogP contribution in [0.15, 0.2) is 121 Å². The number of amides is 4. The number of rotatable bonds is 5. The first kappa shape index (κ1) is 24.9. The van der Waals surface area contributed by atoms with Crippen LogP contribution in [0.4, 0.5) is 5.69 Å². The third-order valence-electron chi connectivity index (χ3n) is 8.14. The molecule has 41 heavy (non-hydrogen) atoms. The molecule has 4 atom stereocenters. The first-order chi connectivity index (χ1) is 20.1. The van der Waals surface area contributed by atoms with Gasteiger partial charge in [0, 0.05) is 0 Å². The molecule has 3 heterocycles. The molecule has 4 aromatic rings. The van der Waals surface area contributed by atoms with Crippen LogP contribution in [-0.4, -0.2) is 39.7 Å². The topological polar surface area (TPSA) is 78.0 Å². The molecular formula is C34H25N3O4. The molecule has 0 aromatic heterocycles. The second kappa shape index (κ2) is 9.80. The van der Waals surface area contributed by atoms with Crippen molar-refractivity contribution in [2.24, 2.45) is 11.8 Å². The Hall–Kier alpha value is -5.14. The fraction of sp³-hybridized carbons (Fsp3) is 0.118. The van der Waals surface area contributed by atoms with E-state index in [-0.39, 0.29) is 11.8 Å². The number of hydrazine groups is 1. The number of carbonyl (C=O) groups excluding carboxylic acids is 4. The van der Waals surface area contributed by atoms with Crippen LogP contribution in [0.5, 0.6) is 0 Å². The predicted octanol–water partition coefficient (Wildman–Crippen LogP) is 5.14. The molecule has 0 spiro atoms. The van der Waals surface area contributed by atoms with Crippen molar-refractivity contribution < 1.29 is 19.2 Å². The Labute approximate surface area is 236 Å². The van der Waals surface area contributed by atoms with Crippen molar-refractivity contribution in [2.45, 2.75) is 12.1 Å². The molecular weight excluding hydrogens is 514 g/mol. The van der Waals surface area contributed by atoms with Gasteiger partial charge >= 0.3 is 0 Å². The predicted molar refractivity (Wildman–Crippen MR) is 153 cm³/mol. The molecule has 200 valence electrons. The minimum atomic E-state index is -0.822. The van der Waals surface area contributed by atoms with E-state index in [0.29, 0.717) is 16.8 Å². The largest absolute Gasteiger partial charge is 0.276 e. The maximum absolute atomic E-state index is 14.2. The molecule has 7 heteroatoms. The smallest absolute Gasteiger partial charge is 0.274 e. The lowest BCUT2D eigenvalue weighted by atomic mass is 9.86. The van der Waals surface area contributed by atoms with E-state index in [2.05, 4.69) is 0 Å². The number of hydrogen-bond acceptors (Lipinski definition) is 5. The molecule has 0 radical (unpaired) electrons. The highest BCUT2D eigenvalue weighted by atomic mass is 16.2. The second-order valence-electron chi connectivity index (χ2n) is 10.4. The maximum Gasteiger partial charge on any atom is 0.276 e. The SMILES string of the molecule is O=C1[C@@H]2[C@H](C(=O)N1c1ccccc1)[C@H](/C=C/c1ccccc1)N(N1C(=O)c3ccccc3C1=O)[C@@H]2c1ccccc1. The van der Waals surface area contributed by atoms with E-state index in [1.165, 1.54) is 4.90 Å². The molecule has 2 fully saturated rings. The number of imide groups is 2. The van der Waals surface area contributed by atoms with Crippen LogP contribution in [-0.2, 0) is 9.59 Å². The van der Waals surface area contributed by atoms with E-state index < -0.39 is 35.7 Å². The van der Waals surface area contributed by atoms with E-state index in [0.717, 1.165) is 16.1 Å². The summed E-state index contributed by atoms with van der Waals surface area (Å²) in [5, 5.41) is 2.82. The van der Waals surface area contributed by atoms with E-state index in [9.17, 15) is 19.2 Å². The Morgan fingerprint density at radius 1 is 0.561 bits per heavy atom. The molecule has 0 saturated carbocycles. The van der Waals surface area contributed by atoms with Gasteiger partial charge in [0.25, 0.3) is 11.8 Å². The summed E-state index contributed by atoms with van der Waals surface area (Å²) >= 11 is 0. The minimum Gasteiger partial charge on any atom is -0.274 e. The molecule has 0 bridgehead atoms. The van der Waals surface area contributed by atoms with Crippen LogP contribution in [0.25, 0.3) is 6.08 Å². The van der Waals surface area contributed by atoms with Gasteiger partial charge in [-0.15, -0.1) is 0 Å². The number of para-hydroxylation sites is 1. The number of carbonyl (C=O) groups is 4. The zero-order chi connectivity index (χ0) is 28.1. The van der Waals surface area contributed by atoms with E-state index in [1.807, 2.05) is 78.9 Å². The van der Waals surface area contributed by atoms with Gasteiger partial charge in [0.1, 0.15) is 0 Å². The van der Waals surface area contributed by atoms with E-state index in [4.69, 9.17) is 0 Å². The number of anilines is 1. The molecule has 0 unspecified atom stereocenters. The maximum atomic E-state index is 14.2. The Kier molecular flexibility index (Phi) is 5.94. The fourth-order valence-corrected chi connectivity index (χ4v) is 6.39. The number of nitrogens with zero attached hydrogens (tertiary/aromatic N) is 3. The highest BCUT2D eigenvalue weighted by Crippen LogP contribution is 2.52. The average molecular weight is 540 g/mol. The van der Waals surface area contributed by atoms with Crippen LogP contribution >= 0.6 is 0 Å². The van der Waals surface area contributed by atoms with Crippen molar-refractivity contribution in [3.05, 3.63) is 144 Å². The van der Waals surface area contributed by atoms with Gasteiger partial charge in [-0.3, -0.25) is 19.2 Å². The summed E-state index contributed by atoms with van der Waals surface area (Å²) in [5.41, 5.74) is 2.74. The van der Waals surface area contributed by atoms with Gasteiger partial charge in [0.15, 0.2) is 0 Å². The van der Waals surface area contributed by atoms with Crippen molar-refractivity contribution in [1.29, 1.82) is 0 Å². The molecule has 3 aliphatic rings. The van der Waals surface area contributed by atoms with Crippen molar-refractivity contribution in [3.8, 4) is 0 Å². The Morgan fingerprint density at radius 3 is 1.68 bits per heavy atom. The van der Waals surface area contributed by atoms with Crippen molar-refractivity contribution >= 4 is 35.4 Å². The van der Waals surface area contributed by atoms with Crippen molar-refractivity contribution in [2.75, 3.05) is 4.90 Å². The van der Waals surface area contributed by atoms with Gasteiger partial charge in [-0.1, -0.05) is 103 Å². The van der Waals surface area contributed by atoms with Crippen molar-refractivity contribution in [3.63, 3.8) is 0 Å². The summed E-state index contributed by atoms with van der Waals surface area (Å²) in [6.07, 6.45) is 3.72. The zero-order valence-electron chi connectivity index (χ0n) is 21.9. The van der Waals surface area contributed by atoms with Gasteiger partial charge in [0.2, 0.25) is 11.8 Å². The highest BCUT2D eigenvalue weighted by molar-refractivity contribution is 6.24. The Balaban J connectivity index is 1.41. The van der Waals surface area contributed by atoms with Gasteiger partial charge < -0.3 is 0 Å². The third kappa shape index (κ3) is 3.85. The number of fused-ring (bicyclic) bond motifs is 2. The number of hydrogen-bond donors (Lipinski definition) is 0. The Bertz CT molecular complexity index is 1670. The number of benzene rings is 4. The van der Waals surface area contributed by atoms with E-state index in [1.54, 1.807) is 53.5 Å². The lowest BCUT2D eigenvalue weighted by Gasteiger charge is -2.37. The lowest BCUT2D eigenvalue weighted by molar-refractivity contribution is -0.125. The fourth-order valence-electron chi connectivity index (χ4n) is 6.39. The van der Waals surface area contributed by atoms with E-state index >= 15 is 0 Å². The zero-order valence-corrected chi connectivity index (χ0v) is 21.9. The van der Waals surface area contributed by atoms with Crippen LogP contribution in [0.3, 0.4) is 0 Å². The minimum absolute atomic E-state index is 0.302. The summed E-state index contributed by atoms with van der Waals surface area (Å²) < 4.78 is 0. The summed E-state index contributed by atoms with van der Waals surface area (Å²) in [4.78, 5) is 57.3. The van der Waals surface area contributed by atoms with Gasteiger partial charge in [-0.05, 0) is 35.4 Å². The molecule has 2 saturated heterocycles. The van der Waals surface area contributed by atoms with Crippen molar-refractivity contribution in [1.82, 2.24) is 10.0 Å². The van der Waals surface area contributed by atoms with Gasteiger partial charge in [-0.25, -0.2) is 9.91 Å². The molecule has 7 nitrogen and oxygen atoms in total. The molecule has 0 N–H and O–H groups in total. The Morgan fingerprint density at radius 2 is 1.07 bits per heavy atom. The monoisotopic (exact) mass is 539 g/mol. The van der Waals surface area contributed by atoms with Gasteiger partial charge in [0.05, 0.1) is 40.7 Å². The summed E-state index contributed by atoms with van der Waals surface area (Å²) in [6, 6.07) is 33.0. The average Bonchev–Trinajstić information content (AvgIpc) is 3.58. The normalized spacial score (nSPS) is 24.0. The molecule has 0 aliphatic carbocycles. The summed E-state index contributed by atoms with van der Waals surface area (Å²) in [7, 11) is 0. The van der Waals surface area contributed by atoms with Crippen LogP contribution in [0.1, 0.15) is 37.9 Å². The quantitative estimate of drug-likeness (QED) is 0.328. The molecule has 4 aromatic carbocycles. The van der Waals surface area contributed by atoms with Gasteiger partial charge in [-0.2, -0.15) is 5.01 Å². The molecule has 4 amide bonds. The summed E-state index contributed by atoms with van der Waals surface area (Å²) in [6.45, 7) is 0. The first-order valence-electron chi connectivity index (χ1n) is 13.5.